The first-order valence-electron chi connectivity index (χ1n) is 7.24. The quantitative estimate of drug-likeness (QED) is 0.897. The maximum atomic E-state index is 12.5. The molecule has 0 saturated heterocycles. The predicted molar refractivity (Wildman–Crippen MR) is 84.0 cm³/mol. The first-order chi connectivity index (χ1) is 9.27. The molecule has 0 aliphatic heterocycles. The third-order valence-electron chi connectivity index (χ3n) is 3.72. The van der Waals surface area contributed by atoms with Gasteiger partial charge in [0.1, 0.15) is 5.82 Å². The standard InChI is InChI=1S/C16H27N3O/c1-7-9-17-14-11-13(8-10-18-14)15(20)19(6)12(2)16(3,4)5/h8,10-12H,7,9H2,1-6H3,(H,17,18). The van der Waals surface area contributed by atoms with Crippen LogP contribution in [0, 0.1) is 5.41 Å². The van der Waals surface area contributed by atoms with Crippen LogP contribution in [0.2, 0.25) is 0 Å². The van der Waals surface area contributed by atoms with E-state index in [-0.39, 0.29) is 17.4 Å². The van der Waals surface area contributed by atoms with Crippen molar-refractivity contribution < 1.29 is 4.79 Å². The Morgan fingerprint density at radius 2 is 2.10 bits per heavy atom. The van der Waals surface area contributed by atoms with Crippen molar-refractivity contribution in [2.45, 2.75) is 47.1 Å². The molecule has 1 atom stereocenters. The van der Waals surface area contributed by atoms with Crippen LogP contribution in [0.3, 0.4) is 0 Å². The molecule has 1 aromatic rings. The van der Waals surface area contributed by atoms with Crippen molar-refractivity contribution >= 4 is 11.7 Å². The maximum Gasteiger partial charge on any atom is 0.254 e. The fraction of sp³-hybridized carbons (Fsp3) is 0.625. The number of pyridine rings is 1. The van der Waals surface area contributed by atoms with Gasteiger partial charge >= 0.3 is 0 Å². The van der Waals surface area contributed by atoms with E-state index in [4.69, 9.17) is 0 Å². The van der Waals surface area contributed by atoms with E-state index in [9.17, 15) is 4.79 Å². The van der Waals surface area contributed by atoms with Crippen LogP contribution in [0.5, 0.6) is 0 Å². The van der Waals surface area contributed by atoms with Crippen LogP contribution in [0.25, 0.3) is 0 Å². The van der Waals surface area contributed by atoms with E-state index >= 15 is 0 Å². The summed E-state index contributed by atoms with van der Waals surface area (Å²) in [4.78, 5) is 18.6. The average Bonchev–Trinajstić information content (AvgIpc) is 2.42. The molecule has 0 aliphatic rings. The number of carbonyl (C=O) groups is 1. The third-order valence-corrected chi connectivity index (χ3v) is 3.72. The largest absolute Gasteiger partial charge is 0.370 e. The number of hydrogen-bond donors (Lipinski definition) is 1. The van der Waals surface area contributed by atoms with Crippen LogP contribution in [-0.2, 0) is 0 Å². The molecule has 20 heavy (non-hydrogen) atoms. The zero-order chi connectivity index (χ0) is 15.3. The molecule has 0 radical (unpaired) electrons. The molecule has 0 aromatic carbocycles. The normalized spacial score (nSPS) is 12.9. The number of amides is 1. The van der Waals surface area contributed by atoms with Gasteiger partial charge in [-0.1, -0.05) is 27.7 Å². The van der Waals surface area contributed by atoms with Crippen molar-refractivity contribution in [1.82, 2.24) is 9.88 Å². The van der Waals surface area contributed by atoms with Gasteiger partial charge in [0, 0.05) is 31.4 Å². The minimum absolute atomic E-state index is 0.0365. The molecule has 4 nitrogen and oxygen atoms in total. The highest BCUT2D eigenvalue weighted by molar-refractivity contribution is 5.94. The van der Waals surface area contributed by atoms with Gasteiger partial charge in [-0.15, -0.1) is 0 Å². The Morgan fingerprint density at radius 1 is 1.45 bits per heavy atom. The highest BCUT2D eigenvalue weighted by atomic mass is 16.2. The van der Waals surface area contributed by atoms with Gasteiger partial charge in [-0.05, 0) is 30.9 Å². The van der Waals surface area contributed by atoms with Crippen LogP contribution < -0.4 is 5.32 Å². The average molecular weight is 277 g/mol. The summed E-state index contributed by atoms with van der Waals surface area (Å²) < 4.78 is 0. The van der Waals surface area contributed by atoms with E-state index in [1.165, 1.54) is 0 Å². The van der Waals surface area contributed by atoms with E-state index in [1.807, 2.05) is 13.1 Å². The lowest BCUT2D eigenvalue weighted by Gasteiger charge is -2.35. The monoisotopic (exact) mass is 277 g/mol. The van der Waals surface area contributed by atoms with Crippen LogP contribution >= 0.6 is 0 Å². The fourth-order valence-electron chi connectivity index (χ4n) is 1.87. The minimum Gasteiger partial charge on any atom is -0.370 e. The van der Waals surface area contributed by atoms with Crippen molar-refractivity contribution in [3.8, 4) is 0 Å². The Balaban J connectivity index is 2.86. The molecule has 0 spiro atoms. The Hall–Kier alpha value is -1.58. The fourth-order valence-corrected chi connectivity index (χ4v) is 1.87. The number of nitrogens with one attached hydrogen (secondary N) is 1. The molecular formula is C16H27N3O. The molecule has 0 fully saturated rings. The summed E-state index contributed by atoms with van der Waals surface area (Å²) in [5.74, 6) is 0.795. The smallest absolute Gasteiger partial charge is 0.254 e. The molecule has 1 amide bonds. The summed E-state index contributed by atoms with van der Waals surface area (Å²) in [5.41, 5.74) is 0.734. The molecule has 1 heterocycles. The van der Waals surface area contributed by atoms with Gasteiger partial charge in [-0.3, -0.25) is 4.79 Å². The van der Waals surface area contributed by atoms with Crippen LogP contribution in [0.4, 0.5) is 5.82 Å². The third kappa shape index (κ3) is 4.22. The molecule has 1 rings (SSSR count). The summed E-state index contributed by atoms with van der Waals surface area (Å²) in [6.45, 7) is 11.5. The maximum absolute atomic E-state index is 12.5. The molecule has 1 aromatic heterocycles. The first-order valence-corrected chi connectivity index (χ1v) is 7.24. The summed E-state index contributed by atoms with van der Waals surface area (Å²) in [5, 5.41) is 3.21. The van der Waals surface area contributed by atoms with E-state index in [0.29, 0.717) is 5.56 Å². The zero-order valence-electron chi connectivity index (χ0n) is 13.5. The first kappa shape index (κ1) is 16.5. The minimum atomic E-state index is 0.0365. The molecular weight excluding hydrogens is 250 g/mol. The molecule has 112 valence electrons. The lowest BCUT2D eigenvalue weighted by Crippen LogP contribution is -2.43. The second-order valence-electron chi connectivity index (χ2n) is 6.31. The second-order valence-corrected chi connectivity index (χ2v) is 6.31. The number of hydrogen-bond acceptors (Lipinski definition) is 3. The molecule has 1 N–H and O–H groups in total. The lowest BCUT2D eigenvalue weighted by molar-refractivity contribution is 0.0629. The Kier molecular flexibility index (Phi) is 5.54. The number of rotatable bonds is 5. The van der Waals surface area contributed by atoms with E-state index in [1.54, 1.807) is 17.2 Å². The van der Waals surface area contributed by atoms with E-state index < -0.39 is 0 Å². The van der Waals surface area contributed by atoms with Gasteiger partial charge in [0.05, 0.1) is 0 Å². The van der Waals surface area contributed by atoms with Gasteiger partial charge in [-0.2, -0.15) is 0 Å². The van der Waals surface area contributed by atoms with Crippen molar-refractivity contribution in [2.75, 3.05) is 18.9 Å². The molecule has 4 heteroatoms. The van der Waals surface area contributed by atoms with Gasteiger partial charge in [0.25, 0.3) is 5.91 Å². The summed E-state index contributed by atoms with van der Waals surface area (Å²) >= 11 is 0. The van der Waals surface area contributed by atoms with E-state index in [2.05, 4.69) is 44.9 Å². The predicted octanol–water partition coefficient (Wildman–Crippen LogP) is 3.41. The Labute approximate surface area is 122 Å². The highest BCUT2D eigenvalue weighted by Gasteiger charge is 2.27. The molecule has 0 bridgehead atoms. The Bertz CT molecular complexity index is 451. The SMILES string of the molecule is CCCNc1cc(C(=O)N(C)C(C)C(C)(C)C)ccn1. The van der Waals surface area contributed by atoms with Gasteiger partial charge < -0.3 is 10.2 Å². The molecule has 1 unspecified atom stereocenters. The topological polar surface area (TPSA) is 45.2 Å². The number of aromatic nitrogens is 1. The highest BCUT2D eigenvalue weighted by Crippen LogP contribution is 2.24. The summed E-state index contributed by atoms with van der Waals surface area (Å²) in [6.07, 6.45) is 2.71. The van der Waals surface area contributed by atoms with Crippen molar-refractivity contribution in [2.24, 2.45) is 5.41 Å². The number of nitrogens with zero attached hydrogens (tertiary/aromatic N) is 2. The summed E-state index contributed by atoms with van der Waals surface area (Å²) in [6, 6.07) is 3.75. The zero-order valence-corrected chi connectivity index (χ0v) is 13.5. The van der Waals surface area contributed by atoms with Gasteiger partial charge in [0.2, 0.25) is 0 Å². The summed E-state index contributed by atoms with van der Waals surface area (Å²) in [7, 11) is 1.86. The van der Waals surface area contributed by atoms with Crippen molar-refractivity contribution in [3.63, 3.8) is 0 Å². The van der Waals surface area contributed by atoms with Crippen molar-refractivity contribution in [1.29, 1.82) is 0 Å². The van der Waals surface area contributed by atoms with Crippen molar-refractivity contribution in [3.05, 3.63) is 23.9 Å². The molecule has 0 aliphatic carbocycles. The number of carbonyl (C=O) groups excluding carboxylic acids is 1. The lowest BCUT2D eigenvalue weighted by atomic mass is 9.87. The van der Waals surface area contributed by atoms with E-state index in [0.717, 1.165) is 18.8 Å². The van der Waals surface area contributed by atoms with Crippen LogP contribution in [0.1, 0.15) is 51.4 Å². The van der Waals surface area contributed by atoms with Gasteiger partial charge in [-0.25, -0.2) is 4.98 Å². The van der Waals surface area contributed by atoms with Crippen LogP contribution in [0.15, 0.2) is 18.3 Å². The molecule has 0 saturated carbocycles. The van der Waals surface area contributed by atoms with Gasteiger partial charge in [0.15, 0.2) is 0 Å². The van der Waals surface area contributed by atoms with Crippen LogP contribution in [-0.4, -0.2) is 35.4 Å². The Morgan fingerprint density at radius 3 is 2.65 bits per heavy atom. The second kappa shape index (κ2) is 6.73. The number of anilines is 1.